The molecule has 2 heterocycles. The molecule has 0 radical (unpaired) electrons. The average Bonchev–Trinajstić information content (AvgIpc) is 1.60. The van der Waals surface area contributed by atoms with Crippen molar-refractivity contribution >= 4 is 77.4 Å². The lowest BCUT2D eigenvalue weighted by molar-refractivity contribution is -0.140. The highest BCUT2D eigenvalue weighted by molar-refractivity contribution is 7.86. The van der Waals surface area contributed by atoms with Crippen LogP contribution in [0, 0.1) is 13.8 Å². The molecule has 0 aliphatic heterocycles. The van der Waals surface area contributed by atoms with Crippen LogP contribution in [0.4, 0.5) is 0 Å². The van der Waals surface area contributed by atoms with Gasteiger partial charge in [0.15, 0.2) is 13.2 Å². The number of carbonyl (C=O) groups is 6. The summed E-state index contributed by atoms with van der Waals surface area (Å²) in [6.45, 7) is 11.5. The second kappa shape index (κ2) is 35.8. The van der Waals surface area contributed by atoms with Crippen LogP contribution in [0.3, 0.4) is 0 Å². The number of fused-ring (bicyclic) bond motifs is 2. The summed E-state index contributed by atoms with van der Waals surface area (Å²) in [5.41, 5.74) is 23.7. The van der Waals surface area contributed by atoms with Gasteiger partial charge in [0.1, 0.15) is 11.5 Å². The van der Waals surface area contributed by atoms with Crippen molar-refractivity contribution in [3.05, 3.63) is 297 Å². The third kappa shape index (κ3) is 19.3. The molecule has 112 heavy (non-hydrogen) atoms. The largest absolute Gasteiger partial charge is 0.481 e. The first-order valence-electron chi connectivity index (χ1n) is 37.6. The zero-order valence-electron chi connectivity index (χ0n) is 63.4. The number of carbonyl (C=O) groups excluding carboxylic acids is 4. The number of hydrogen-bond donors (Lipinski definition) is 6. The van der Waals surface area contributed by atoms with E-state index in [0.717, 1.165) is 81.3 Å². The molecule has 0 aliphatic carbocycles. The Bertz CT molecular complexity index is 5120. The number of rotatable bonds is 38. The van der Waals surface area contributed by atoms with Crippen LogP contribution in [-0.2, 0) is 52.5 Å². The molecule has 0 bridgehead atoms. The Balaban J connectivity index is 0.839. The van der Waals surface area contributed by atoms with Gasteiger partial charge >= 0.3 is 11.9 Å². The van der Waals surface area contributed by atoms with Crippen molar-refractivity contribution in [2.24, 2.45) is 11.5 Å². The highest BCUT2D eigenvalue weighted by atomic mass is 32.2. The molecule has 9 aromatic carbocycles. The molecule has 582 valence electrons. The summed E-state index contributed by atoms with van der Waals surface area (Å²) >= 11 is 0. The normalized spacial score (nSPS) is 14.0. The van der Waals surface area contributed by atoms with Gasteiger partial charge in [0.25, 0.3) is 43.6 Å². The first kappa shape index (κ1) is 81.7. The maximum Gasteiger partial charge on any atom is 0.341 e. The van der Waals surface area contributed by atoms with Crippen molar-refractivity contribution in [3.8, 4) is 11.5 Å². The van der Waals surface area contributed by atoms with Gasteiger partial charge in [-0.2, -0.15) is 16.8 Å². The summed E-state index contributed by atoms with van der Waals surface area (Å²) in [5, 5.41) is 19.4. The van der Waals surface area contributed by atoms with Gasteiger partial charge in [-0.1, -0.05) is 198 Å². The van der Waals surface area contributed by atoms with Crippen LogP contribution in [0.2, 0.25) is 0 Å². The van der Waals surface area contributed by atoms with Gasteiger partial charge in [-0.3, -0.25) is 28.3 Å². The Kier molecular flexibility index (Phi) is 26.1. The Morgan fingerprint density at radius 2 is 0.661 bits per heavy atom. The number of primary amides is 2. The van der Waals surface area contributed by atoms with Gasteiger partial charge in [-0.15, -0.1) is 0 Å². The van der Waals surface area contributed by atoms with E-state index in [1.54, 1.807) is 50.2 Å². The van der Waals surface area contributed by atoms with E-state index in [-0.39, 0.29) is 79.8 Å². The smallest absolute Gasteiger partial charge is 0.341 e. The van der Waals surface area contributed by atoms with E-state index in [1.165, 1.54) is 24.3 Å². The number of amides is 2. The minimum Gasteiger partial charge on any atom is -0.481 e. The first-order valence-corrected chi connectivity index (χ1v) is 40.5. The van der Waals surface area contributed by atoms with Crippen molar-refractivity contribution < 1.29 is 74.4 Å². The molecule has 22 heteroatoms. The van der Waals surface area contributed by atoms with E-state index in [4.69, 9.17) is 20.9 Å². The van der Waals surface area contributed by atoms with Crippen LogP contribution in [0.25, 0.3) is 21.8 Å². The lowest BCUT2D eigenvalue weighted by atomic mass is 9.74. The molecule has 0 fully saturated rings. The molecular formula is C90H94N4O16S2. The number of ether oxygens (including phenoxy) is 2. The lowest BCUT2D eigenvalue weighted by Gasteiger charge is -2.30. The van der Waals surface area contributed by atoms with E-state index in [1.807, 2.05) is 94.1 Å². The Labute approximate surface area is 652 Å². The van der Waals surface area contributed by atoms with E-state index in [0.29, 0.717) is 72.0 Å². The van der Waals surface area contributed by atoms with Crippen LogP contribution in [0.15, 0.2) is 228 Å². The van der Waals surface area contributed by atoms with E-state index < -0.39 is 68.8 Å². The molecule has 0 spiro atoms. The summed E-state index contributed by atoms with van der Waals surface area (Å²) in [6, 6.07) is 69.4. The van der Waals surface area contributed by atoms with Gasteiger partial charge in [0.05, 0.1) is 42.7 Å². The van der Waals surface area contributed by atoms with Crippen LogP contribution >= 0.6 is 0 Å². The average molecular weight is 1550 g/mol. The lowest BCUT2D eigenvalue weighted by Crippen LogP contribution is -2.24. The molecule has 8 unspecified atom stereocenters. The predicted molar refractivity (Wildman–Crippen MR) is 431 cm³/mol. The number of Topliss-reactive ketones (excluding diaryl/α,β-unsaturated/α-hetero) is 2. The van der Waals surface area contributed by atoms with Crippen molar-refractivity contribution in [2.45, 2.75) is 163 Å². The second-order valence-corrected chi connectivity index (χ2v) is 32.3. The number of nitrogens with zero attached hydrogens (tertiary/aromatic N) is 2. The number of aliphatic carboxylic acids is 2. The number of carboxylic acids is 2. The van der Waals surface area contributed by atoms with E-state index in [9.17, 15) is 64.9 Å². The zero-order valence-corrected chi connectivity index (χ0v) is 65.1. The van der Waals surface area contributed by atoms with Crippen LogP contribution in [-0.4, -0.2) is 93.8 Å². The van der Waals surface area contributed by atoms with Crippen LogP contribution < -0.4 is 20.9 Å². The molecule has 0 saturated heterocycles. The number of carboxylic acid groups (broad SMARTS) is 2. The summed E-state index contributed by atoms with van der Waals surface area (Å²) in [7, 11) is -8.97. The third-order valence-corrected chi connectivity index (χ3v) is 24.0. The van der Waals surface area contributed by atoms with Gasteiger partial charge in [0, 0.05) is 24.5 Å². The fourth-order valence-corrected chi connectivity index (χ4v) is 17.3. The van der Waals surface area contributed by atoms with E-state index in [2.05, 4.69) is 100 Å². The maximum absolute atomic E-state index is 13.4. The number of benzene rings is 9. The molecule has 11 rings (SSSR count). The summed E-state index contributed by atoms with van der Waals surface area (Å²) in [6.07, 6.45) is 5.93. The Morgan fingerprint density at radius 1 is 0.375 bits per heavy atom. The Morgan fingerprint density at radius 3 is 0.964 bits per heavy atom. The first-order chi connectivity index (χ1) is 53.5. The van der Waals surface area contributed by atoms with Gasteiger partial charge < -0.3 is 40.3 Å². The molecule has 11 aromatic rings. The van der Waals surface area contributed by atoms with Gasteiger partial charge in [-0.05, 0) is 217 Å². The SMILES string of the molecule is CCC(CC(CC(CC(C)c1ccc(Cn2c(C)c(C(=O)C(N)=O)c3c(OCC(=O)O)cccc32)cc1)c1ccccc1)c1ccc(S(=O)(=O)O)cc1)c1ccc(C(CC)CC(CC(CC(C)c2ccc(Cn3c(C)c(C(=O)C(N)=O)c4c(OCC(=O)O)cccc43)cc2)c2ccccc2)c2ccc(S(=O)(=O)O)cc2)cc1. The van der Waals surface area contributed by atoms with Gasteiger partial charge in [-0.25, -0.2) is 9.59 Å². The number of aromatic nitrogens is 2. The van der Waals surface area contributed by atoms with Gasteiger partial charge in [0.2, 0.25) is 0 Å². The molecule has 8 N–H and O–H groups in total. The maximum atomic E-state index is 13.4. The molecule has 0 saturated carbocycles. The quantitative estimate of drug-likeness (QED) is 0.0119. The summed E-state index contributed by atoms with van der Waals surface area (Å²) in [4.78, 5) is 74.1. The standard InChI is InChI=1S/C90H94N4O16S2/c1-7-61(47-73(69-37-41-75(42-38-69)111(103,104)105)49-71(65-17-11-9-12-18-65)45-55(3)63-29-25-59(26-30-63)51-93-57(5)83(87(99)89(91)101)85-77(93)21-15-23-79(85)109-53-81(95)96)67-33-35-68(36-34-67)62(8-2)48-74(70-39-43-76(44-40-70)112(106,107)108)50-72(66-19-13-10-14-20-66)46-56(4)64-31-27-60(28-32-64)52-94-58(6)84(88(100)90(92)102)86-78(94)22-16-24-80(86)110-54-82(97)98/h9-44,55-56,61-62,71-74H,7-8,45-54H2,1-6H3,(H2,91,101)(H2,92,102)(H,95,96)(H,97,98)(H,103,104,105)(H,106,107,108). The number of hydrogen-bond acceptors (Lipinski definition) is 12. The summed E-state index contributed by atoms with van der Waals surface area (Å²) in [5.74, 6) is -6.15. The molecule has 0 aliphatic rings. The number of nitrogens with two attached hydrogens (primary N) is 2. The van der Waals surface area contributed by atoms with Crippen molar-refractivity contribution in [2.75, 3.05) is 13.2 Å². The predicted octanol–water partition coefficient (Wildman–Crippen LogP) is 17.1. The topological polar surface area (TPSA) is 332 Å². The fraction of sp³-hybridized carbons (Fsp3) is 0.289. The summed E-state index contributed by atoms with van der Waals surface area (Å²) < 4.78 is 85.2. The molecule has 2 amide bonds. The second-order valence-electron chi connectivity index (χ2n) is 29.4. The fourth-order valence-electron chi connectivity index (χ4n) is 16.3. The highest BCUT2D eigenvalue weighted by Gasteiger charge is 2.32. The van der Waals surface area contributed by atoms with Crippen LogP contribution in [0.5, 0.6) is 11.5 Å². The monoisotopic (exact) mass is 1550 g/mol. The highest BCUT2D eigenvalue weighted by Crippen LogP contribution is 2.46. The van der Waals surface area contributed by atoms with Crippen molar-refractivity contribution in [1.29, 1.82) is 0 Å². The molecule has 8 atom stereocenters. The molecular weight excluding hydrogens is 1460 g/mol. The minimum atomic E-state index is -4.49. The van der Waals surface area contributed by atoms with Crippen LogP contribution in [0.1, 0.15) is 214 Å². The number of ketones is 2. The Hall–Kier alpha value is -11.3. The van der Waals surface area contributed by atoms with Crippen molar-refractivity contribution in [3.63, 3.8) is 0 Å². The third-order valence-electron chi connectivity index (χ3n) is 22.3. The van der Waals surface area contributed by atoms with E-state index >= 15 is 0 Å². The molecule has 20 nitrogen and oxygen atoms in total. The van der Waals surface area contributed by atoms with Crippen molar-refractivity contribution in [1.82, 2.24) is 9.13 Å². The minimum absolute atomic E-state index is 0.0244. The zero-order chi connectivity index (χ0) is 80.3. The molecule has 2 aromatic heterocycles.